The number of fused-ring (bicyclic) bond motifs is 1. The summed E-state index contributed by atoms with van der Waals surface area (Å²) in [7, 11) is 0. The molecule has 1 aliphatic heterocycles. The van der Waals surface area contributed by atoms with Crippen molar-refractivity contribution in [3.8, 4) is 5.69 Å². The van der Waals surface area contributed by atoms with Crippen LogP contribution in [0.4, 0.5) is 0 Å². The lowest BCUT2D eigenvalue weighted by Crippen LogP contribution is -2.33. The molecule has 0 fully saturated rings. The van der Waals surface area contributed by atoms with Crippen molar-refractivity contribution in [2.24, 2.45) is 0 Å². The third kappa shape index (κ3) is 3.21. The summed E-state index contributed by atoms with van der Waals surface area (Å²) in [5.41, 5.74) is 1.82. The van der Waals surface area contributed by atoms with Gasteiger partial charge in [0.25, 0.3) is 17.0 Å². The molecule has 0 saturated heterocycles. The Morgan fingerprint density at radius 1 is 1.11 bits per heavy atom. The van der Waals surface area contributed by atoms with Crippen LogP contribution in [0.1, 0.15) is 27.6 Å². The second-order valence-electron chi connectivity index (χ2n) is 6.55. The van der Waals surface area contributed by atoms with Crippen molar-refractivity contribution >= 4 is 5.91 Å². The Bertz CT molecular complexity index is 1110. The first-order chi connectivity index (χ1) is 13.0. The third-order valence-electron chi connectivity index (χ3n) is 4.72. The normalized spacial score (nSPS) is 13.9. The molecule has 1 aliphatic rings. The van der Waals surface area contributed by atoms with Gasteiger partial charge >= 0.3 is 0 Å². The molecular formula is C19H19N5O3. The van der Waals surface area contributed by atoms with Gasteiger partial charge in [-0.3, -0.25) is 19.5 Å². The molecule has 0 bridgehead atoms. The highest BCUT2D eigenvalue weighted by Gasteiger charge is 2.24. The number of nitrogens with zero attached hydrogens (tertiary/aromatic N) is 3. The van der Waals surface area contributed by atoms with Crippen molar-refractivity contribution in [1.82, 2.24) is 24.6 Å². The number of aromatic nitrogens is 4. The lowest BCUT2D eigenvalue weighted by atomic mass is 10.1. The van der Waals surface area contributed by atoms with Crippen LogP contribution in [0.25, 0.3) is 5.69 Å². The van der Waals surface area contributed by atoms with Gasteiger partial charge in [-0.15, -0.1) is 0 Å². The first kappa shape index (κ1) is 17.0. The number of carbonyl (C=O) groups excluding carboxylic acids is 1. The monoisotopic (exact) mass is 365 g/mol. The van der Waals surface area contributed by atoms with Crippen LogP contribution in [0.5, 0.6) is 0 Å². The molecule has 2 N–H and O–H groups in total. The van der Waals surface area contributed by atoms with E-state index in [2.05, 4.69) is 15.1 Å². The minimum atomic E-state index is -0.295. The largest absolute Gasteiger partial charge is 0.337 e. The Kier molecular flexibility index (Phi) is 4.23. The average Bonchev–Trinajstić information content (AvgIpc) is 2.91. The van der Waals surface area contributed by atoms with Crippen LogP contribution in [-0.2, 0) is 12.8 Å². The maximum absolute atomic E-state index is 12.9. The van der Waals surface area contributed by atoms with Gasteiger partial charge in [0.1, 0.15) is 11.5 Å². The van der Waals surface area contributed by atoms with Gasteiger partial charge in [-0.05, 0) is 25.5 Å². The van der Waals surface area contributed by atoms with E-state index in [1.165, 1.54) is 10.7 Å². The zero-order valence-electron chi connectivity index (χ0n) is 14.9. The number of hydrogen-bond acceptors (Lipinski definition) is 4. The van der Waals surface area contributed by atoms with Crippen LogP contribution in [0, 0.1) is 6.92 Å². The van der Waals surface area contributed by atoms with Gasteiger partial charge in [-0.2, -0.15) is 0 Å². The molecule has 0 saturated carbocycles. The molecule has 3 aromatic rings. The molecule has 1 amide bonds. The van der Waals surface area contributed by atoms with E-state index in [0.29, 0.717) is 43.0 Å². The SMILES string of the molecule is Cc1nc2c(c(=O)[nH]1)CCN(C(=O)c1cc(=O)n(-c3ccccc3)[nH]1)CC2. The van der Waals surface area contributed by atoms with Crippen LogP contribution in [0.3, 0.4) is 0 Å². The average molecular weight is 365 g/mol. The Morgan fingerprint density at radius 2 is 1.85 bits per heavy atom. The highest BCUT2D eigenvalue weighted by Crippen LogP contribution is 2.13. The summed E-state index contributed by atoms with van der Waals surface area (Å²) in [6.45, 7) is 2.59. The summed E-state index contributed by atoms with van der Waals surface area (Å²) in [6, 6.07) is 10.4. The molecular weight excluding hydrogens is 346 g/mol. The van der Waals surface area contributed by atoms with Crippen molar-refractivity contribution in [1.29, 1.82) is 0 Å². The fourth-order valence-electron chi connectivity index (χ4n) is 3.38. The number of H-pyrrole nitrogens is 2. The van der Waals surface area contributed by atoms with Crippen LogP contribution in [0.15, 0.2) is 46.0 Å². The first-order valence-corrected chi connectivity index (χ1v) is 8.78. The molecule has 2 aromatic heterocycles. The molecule has 138 valence electrons. The van der Waals surface area contributed by atoms with E-state index >= 15 is 0 Å². The predicted molar refractivity (Wildman–Crippen MR) is 99.3 cm³/mol. The molecule has 0 atom stereocenters. The summed E-state index contributed by atoms with van der Waals surface area (Å²) in [4.78, 5) is 46.1. The van der Waals surface area contributed by atoms with Gasteiger partial charge in [-0.25, -0.2) is 9.67 Å². The van der Waals surface area contributed by atoms with Crippen molar-refractivity contribution in [3.05, 3.63) is 79.9 Å². The molecule has 0 aliphatic carbocycles. The first-order valence-electron chi connectivity index (χ1n) is 8.78. The highest BCUT2D eigenvalue weighted by molar-refractivity contribution is 5.92. The fourth-order valence-corrected chi connectivity index (χ4v) is 3.38. The van der Waals surface area contributed by atoms with Crippen molar-refractivity contribution in [2.75, 3.05) is 13.1 Å². The van der Waals surface area contributed by atoms with Crippen LogP contribution in [0.2, 0.25) is 0 Å². The fraction of sp³-hybridized carbons (Fsp3) is 0.263. The van der Waals surface area contributed by atoms with E-state index in [-0.39, 0.29) is 22.7 Å². The van der Waals surface area contributed by atoms with E-state index < -0.39 is 0 Å². The number of benzene rings is 1. The Morgan fingerprint density at radius 3 is 2.63 bits per heavy atom. The minimum absolute atomic E-state index is 0.143. The molecule has 4 rings (SSSR count). The zero-order valence-corrected chi connectivity index (χ0v) is 14.9. The van der Waals surface area contributed by atoms with E-state index in [0.717, 1.165) is 5.69 Å². The second kappa shape index (κ2) is 6.71. The van der Waals surface area contributed by atoms with E-state index in [1.54, 1.807) is 24.0 Å². The zero-order chi connectivity index (χ0) is 19.0. The predicted octanol–water partition coefficient (Wildman–Crippen LogP) is 0.798. The number of rotatable bonds is 2. The number of para-hydroxylation sites is 1. The van der Waals surface area contributed by atoms with Crippen molar-refractivity contribution < 1.29 is 4.79 Å². The Hall–Kier alpha value is -3.42. The molecule has 0 radical (unpaired) electrons. The van der Waals surface area contributed by atoms with Gasteiger partial charge in [0.15, 0.2) is 0 Å². The van der Waals surface area contributed by atoms with Crippen LogP contribution in [-0.4, -0.2) is 43.6 Å². The lowest BCUT2D eigenvalue weighted by Gasteiger charge is -2.19. The maximum Gasteiger partial charge on any atom is 0.271 e. The Labute approximate surface area is 154 Å². The number of amides is 1. The maximum atomic E-state index is 12.9. The number of carbonyl (C=O) groups is 1. The van der Waals surface area contributed by atoms with Gasteiger partial charge in [-0.1, -0.05) is 18.2 Å². The molecule has 0 spiro atoms. The number of hydrogen-bond donors (Lipinski definition) is 2. The van der Waals surface area contributed by atoms with Gasteiger partial charge < -0.3 is 9.88 Å². The number of nitrogens with one attached hydrogen (secondary N) is 2. The highest BCUT2D eigenvalue weighted by atomic mass is 16.2. The molecule has 27 heavy (non-hydrogen) atoms. The smallest absolute Gasteiger partial charge is 0.271 e. The number of aromatic amines is 2. The topological polar surface area (TPSA) is 104 Å². The van der Waals surface area contributed by atoms with Gasteiger partial charge in [0.2, 0.25) is 0 Å². The van der Waals surface area contributed by atoms with Crippen LogP contribution >= 0.6 is 0 Å². The Balaban J connectivity index is 1.59. The van der Waals surface area contributed by atoms with E-state index in [1.807, 2.05) is 18.2 Å². The molecule has 8 nitrogen and oxygen atoms in total. The van der Waals surface area contributed by atoms with Crippen molar-refractivity contribution in [2.45, 2.75) is 19.8 Å². The van der Waals surface area contributed by atoms with Crippen molar-refractivity contribution in [3.63, 3.8) is 0 Å². The molecule has 8 heteroatoms. The second-order valence-corrected chi connectivity index (χ2v) is 6.55. The standard InChI is InChI=1S/C19H19N5O3/c1-12-20-15-8-10-23(9-7-14(15)18(26)21-12)19(27)16-11-17(25)24(22-16)13-5-3-2-4-6-13/h2-6,11,22H,7-10H2,1H3,(H,20,21,26). The van der Waals surface area contributed by atoms with Crippen LogP contribution < -0.4 is 11.1 Å². The summed E-state index contributed by atoms with van der Waals surface area (Å²) >= 11 is 0. The number of aryl methyl sites for hydroxylation is 1. The third-order valence-corrected chi connectivity index (χ3v) is 4.72. The van der Waals surface area contributed by atoms with E-state index in [4.69, 9.17) is 0 Å². The lowest BCUT2D eigenvalue weighted by molar-refractivity contribution is 0.0756. The molecule has 0 unspecified atom stereocenters. The quantitative estimate of drug-likeness (QED) is 0.701. The summed E-state index contributed by atoms with van der Waals surface area (Å²) in [5.74, 6) is 0.311. The summed E-state index contributed by atoms with van der Waals surface area (Å²) in [6.07, 6.45) is 0.947. The molecule has 3 heterocycles. The minimum Gasteiger partial charge on any atom is -0.337 e. The molecule has 1 aromatic carbocycles. The summed E-state index contributed by atoms with van der Waals surface area (Å²) < 4.78 is 1.34. The van der Waals surface area contributed by atoms with E-state index in [9.17, 15) is 14.4 Å². The summed E-state index contributed by atoms with van der Waals surface area (Å²) in [5, 5.41) is 2.89. The van der Waals surface area contributed by atoms with Gasteiger partial charge in [0.05, 0.1) is 11.4 Å². The van der Waals surface area contributed by atoms with Gasteiger partial charge in [0, 0.05) is 31.1 Å².